The topological polar surface area (TPSA) is 68.5 Å². The molecule has 164 valence electrons. The van der Waals surface area contributed by atoms with Gasteiger partial charge in [-0.3, -0.25) is 4.79 Å². The fraction of sp³-hybridized carbons (Fsp3) is 0.269. The quantitative estimate of drug-likeness (QED) is 0.318. The van der Waals surface area contributed by atoms with Gasteiger partial charge in [0.15, 0.2) is 11.4 Å². The number of hydrogen-bond donors (Lipinski definition) is 1. The molecule has 0 aliphatic rings. The lowest BCUT2D eigenvalue weighted by Crippen LogP contribution is -2.15. The predicted molar refractivity (Wildman–Crippen MR) is 127 cm³/mol. The lowest BCUT2D eigenvalue weighted by Gasteiger charge is -2.19. The number of anilines is 1. The molecule has 2 heterocycles. The molecular weight excluding hydrogens is 400 g/mol. The van der Waals surface area contributed by atoms with Crippen molar-refractivity contribution in [2.75, 3.05) is 18.5 Å². The number of hydrogen-bond acceptors (Lipinski definition) is 5. The number of ether oxygens (including phenoxy) is 1. The third kappa shape index (κ3) is 5.14. The Morgan fingerprint density at radius 1 is 1.03 bits per heavy atom. The van der Waals surface area contributed by atoms with Crippen molar-refractivity contribution in [3.8, 4) is 5.75 Å². The van der Waals surface area contributed by atoms with Crippen molar-refractivity contribution in [3.63, 3.8) is 0 Å². The molecule has 0 atom stereocenters. The number of carbonyl (C=O) groups excluding carboxylic acids is 1. The largest absolute Gasteiger partial charge is 0.492 e. The minimum absolute atomic E-state index is 0.0418. The summed E-state index contributed by atoms with van der Waals surface area (Å²) in [5, 5.41) is 7.68. The van der Waals surface area contributed by atoms with Crippen LogP contribution in [0.25, 0.3) is 5.65 Å². The number of Topliss-reactive ketones (excluding diaryl/α,β-unsaturated/α-hetero) is 1. The van der Waals surface area contributed by atoms with E-state index in [4.69, 9.17) is 4.74 Å². The van der Waals surface area contributed by atoms with E-state index in [9.17, 15) is 4.79 Å². The highest BCUT2D eigenvalue weighted by Crippen LogP contribution is 2.23. The summed E-state index contributed by atoms with van der Waals surface area (Å²) in [7, 11) is 0. The smallest absolute Gasteiger partial charge is 0.168 e. The maximum absolute atomic E-state index is 12.9. The number of para-hydroxylation sites is 1. The van der Waals surface area contributed by atoms with E-state index in [0.29, 0.717) is 30.1 Å². The summed E-state index contributed by atoms with van der Waals surface area (Å²) < 4.78 is 7.48. The van der Waals surface area contributed by atoms with Crippen LogP contribution in [0, 0.1) is 0 Å². The molecule has 6 heteroatoms. The second-order valence-corrected chi connectivity index (χ2v) is 8.75. The van der Waals surface area contributed by atoms with Gasteiger partial charge in [-0.1, -0.05) is 63.2 Å². The summed E-state index contributed by atoms with van der Waals surface area (Å²) >= 11 is 0. The fourth-order valence-electron chi connectivity index (χ4n) is 3.47. The highest BCUT2D eigenvalue weighted by molar-refractivity contribution is 5.97. The molecule has 0 fully saturated rings. The van der Waals surface area contributed by atoms with Gasteiger partial charge in [-0.25, -0.2) is 4.98 Å². The molecule has 0 unspecified atom stereocenters. The summed E-state index contributed by atoms with van der Waals surface area (Å²) in [6.07, 6.45) is 1.93. The third-order valence-corrected chi connectivity index (χ3v) is 5.25. The first-order chi connectivity index (χ1) is 15.4. The van der Waals surface area contributed by atoms with E-state index in [1.165, 1.54) is 5.56 Å². The molecule has 0 aliphatic carbocycles. The standard InChI is InChI=1S/C26H28N4O2/c1-26(2,3)20-11-9-19(10-12-20)23(31)17-21-18-25(30-24(29-21)13-14-28-30)27-15-16-32-22-7-5-4-6-8-22/h4-14,18,27H,15-17H2,1-3H3. The lowest BCUT2D eigenvalue weighted by atomic mass is 9.86. The Bertz CT molecular complexity index is 1190. The highest BCUT2D eigenvalue weighted by atomic mass is 16.5. The zero-order valence-corrected chi connectivity index (χ0v) is 18.7. The summed E-state index contributed by atoms with van der Waals surface area (Å²) in [6.45, 7) is 7.58. The van der Waals surface area contributed by atoms with Crippen LogP contribution in [0.5, 0.6) is 5.75 Å². The first kappa shape index (κ1) is 21.6. The SMILES string of the molecule is CC(C)(C)c1ccc(C(=O)Cc2cc(NCCOc3ccccc3)n3nccc3n2)cc1. The molecule has 0 radical (unpaired) electrons. The van der Waals surface area contributed by atoms with Gasteiger partial charge in [0.25, 0.3) is 0 Å². The molecule has 0 saturated heterocycles. The number of rotatable bonds is 8. The predicted octanol–water partition coefficient (Wildman–Crippen LogP) is 4.94. The van der Waals surface area contributed by atoms with Crippen molar-refractivity contribution in [3.05, 3.63) is 89.7 Å². The molecule has 6 nitrogen and oxygen atoms in total. The van der Waals surface area contributed by atoms with Gasteiger partial charge in [-0.2, -0.15) is 9.61 Å². The summed E-state index contributed by atoms with van der Waals surface area (Å²) in [4.78, 5) is 17.5. The zero-order chi connectivity index (χ0) is 22.6. The molecule has 2 aromatic heterocycles. The Morgan fingerprint density at radius 3 is 2.50 bits per heavy atom. The molecule has 0 bridgehead atoms. The molecule has 0 amide bonds. The number of carbonyl (C=O) groups is 1. The molecule has 32 heavy (non-hydrogen) atoms. The van der Waals surface area contributed by atoms with Crippen LogP contribution in [-0.4, -0.2) is 33.5 Å². The van der Waals surface area contributed by atoms with Crippen molar-refractivity contribution < 1.29 is 9.53 Å². The van der Waals surface area contributed by atoms with Crippen LogP contribution >= 0.6 is 0 Å². The Morgan fingerprint density at radius 2 is 1.78 bits per heavy atom. The van der Waals surface area contributed by atoms with Crippen LogP contribution in [0.2, 0.25) is 0 Å². The second-order valence-electron chi connectivity index (χ2n) is 8.75. The summed E-state index contributed by atoms with van der Waals surface area (Å²) in [5.41, 5.74) is 3.36. The molecule has 2 aromatic carbocycles. The first-order valence-corrected chi connectivity index (χ1v) is 10.8. The number of aromatic nitrogens is 3. The van der Waals surface area contributed by atoms with Crippen molar-refractivity contribution in [1.82, 2.24) is 14.6 Å². The summed E-state index contributed by atoms with van der Waals surface area (Å²) in [6, 6.07) is 21.3. The minimum atomic E-state index is 0.0418. The van der Waals surface area contributed by atoms with E-state index >= 15 is 0 Å². The van der Waals surface area contributed by atoms with Crippen LogP contribution in [0.3, 0.4) is 0 Å². The first-order valence-electron chi connectivity index (χ1n) is 10.8. The Labute approximate surface area is 188 Å². The Hall–Kier alpha value is -3.67. The van der Waals surface area contributed by atoms with Gasteiger partial charge < -0.3 is 10.1 Å². The van der Waals surface area contributed by atoms with Crippen LogP contribution in [0.15, 0.2) is 72.9 Å². The number of nitrogens with one attached hydrogen (secondary N) is 1. The van der Waals surface area contributed by atoms with E-state index in [2.05, 4.69) is 36.2 Å². The van der Waals surface area contributed by atoms with Crippen molar-refractivity contribution in [2.24, 2.45) is 0 Å². The number of benzene rings is 2. The van der Waals surface area contributed by atoms with Gasteiger partial charge >= 0.3 is 0 Å². The Kier molecular flexibility index (Phi) is 6.21. The van der Waals surface area contributed by atoms with Gasteiger partial charge in [0, 0.05) is 17.7 Å². The van der Waals surface area contributed by atoms with Crippen LogP contribution in [0.1, 0.15) is 42.4 Å². The maximum Gasteiger partial charge on any atom is 0.168 e. The van der Waals surface area contributed by atoms with E-state index in [0.717, 1.165) is 11.6 Å². The second kappa shape index (κ2) is 9.22. The number of fused-ring (bicyclic) bond motifs is 1. The summed E-state index contributed by atoms with van der Waals surface area (Å²) in [5.74, 6) is 1.65. The maximum atomic E-state index is 12.9. The monoisotopic (exact) mass is 428 g/mol. The van der Waals surface area contributed by atoms with Gasteiger partial charge in [0.2, 0.25) is 0 Å². The lowest BCUT2D eigenvalue weighted by molar-refractivity contribution is 0.0992. The average molecular weight is 429 g/mol. The molecule has 4 aromatic rings. The van der Waals surface area contributed by atoms with E-state index < -0.39 is 0 Å². The number of nitrogens with zero attached hydrogens (tertiary/aromatic N) is 3. The molecular formula is C26H28N4O2. The van der Waals surface area contributed by atoms with Crippen LogP contribution in [-0.2, 0) is 11.8 Å². The third-order valence-electron chi connectivity index (χ3n) is 5.25. The molecule has 0 aliphatic heterocycles. The van der Waals surface area contributed by atoms with E-state index in [1.54, 1.807) is 10.7 Å². The Balaban J connectivity index is 1.44. The van der Waals surface area contributed by atoms with Crippen molar-refractivity contribution in [2.45, 2.75) is 32.6 Å². The van der Waals surface area contributed by atoms with E-state index in [1.807, 2.05) is 66.7 Å². The normalized spacial score (nSPS) is 11.5. The van der Waals surface area contributed by atoms with Gasteiger partial charge in [-0.05, 0) is 23.1 Å². The molecule has 1 N–H and O–H groups in total. The van der Waals surface area contributed by atoms with Crippen molar-refractivity contribution >= 4 is 17.2 Å². The molecule has 4 rings (SSSR count). The minimum Gasteiger partial charge on any atom is -0.492 e. The molecule has 0 spiro atoms. The number of ketones is 1. The van der Waals surface area contributed by atoms with E-state index in [-0.39, 0.29) is 17.6 Å². The highest BCUT2D eigenvalue weighted by Gasteiger charge is 2.15. The van der Waals surface area contributed by atoms with Gasteiger partial charge in [0.05, 0.1) is 24.9 Å². The average Bonchev–Trinajstić information content (AvgIpc) is 3.26. The van der Waals surface area contributed by atoms with Crippen molar-refractivity contribution in [1.29, 1.82) is 0 Å². The van der Waals surface area contributed by atoms with Crippen LogP contribution < -0.4 is 10.1 Å². The van der Waals surface area contributed by atoms with Gasteiger partial charge in [0.1, 0.15) is 18.2 Å². The van der Waals surface area contributed by atoms with Crippen LogP contribution in [0.4, 0.5) is 5.82 Å². The fourth-order valence-corrected chi connectivity index (χ4v) is 3.47. The zero-order valence-electron chi connectivity index (χ0n) is 18.7. The van der Waals surface area contributed by atoms with Gasteiger partial charge in [-0.15, -0.1) is 0 Å². The molecule has 0 saturated carbocycles.